The van der Waals surface area contributed by atoms with Crippen molar-refractivity contribution in [2.24, 2.45) is 0 Å². The van der Waals surface area contributed by atoms with Crippen molar-refractivity contribution in [3.63, 3.8) is 0 Å². The highest BCUT2D eigenvalue weighted by atomic mass is 32.2. The van der Waals surface area contributed by atoms with E-state index in [1.54, 1.807) is 24.3 Å². The van der Waals surface area contributed by atoms with Gasteiger partial charge in [0.1, 0.15) is 5.25 Å². The third-order valence-electron chi connectivity index (χ3n) is 5.41. The molecule has 170 valence electrons. The number of pyridine rings is 1. The van der Waals surface area contributed by atoms with Gasteiger partial charge < -0.3 is 0 Å². The zero-order valence-electron chi connectivity index (χ0n) is 17.3. The molecule has 8 nitrogen and oxygen atoms in total. The third-order valence-corrected chi connectivity index (χ3v) is 11.4. The van der Waals surface area contributed by atoms with Crippen molar-refractivity contribution in [2.75, 3.05) is 18.1 Å². The molecule has 11 heteroatoms. The van der Waals surface area contributed by atoms with E-state index in [1.165, 1.54) is 24.5 Å². The van der Waals surface area contributed by atoms with Crippen molar-refractivity contribution in [3.8, 4) is 0 Å². The normalized spacial score (nSPS) is 20.0. The molecule has 1 aromatic carbocycles. The van der Waals surface area contributed by atoms with Gasteiger partial charge >= 0.3 is 0 Å². The Balaban J connectivity index is 1.90. The van der Waals surface area contributed by atoms with Crippen LogP contribution in [0.25, 0.3) is 0 Å². The number of benzene rings is 1. The van der Waals surface area contributed by atoms with E-state index in [4.69, 9.17) is 0 Å². The molecule has 0 radical (unpaired) electrons. The van der Waals surface area contributed by atoms with Gasteiger partial charge in [0.15, 0.2) is 19.7 Å². The summed E-state index contributed by atoms with van der Waals surface area (Å²) in [6.07, 6.45) is 2.88. The predicted molar refractivity (Wildman–Crippen MR) is 119 cm³/mol. The van der Waals surface area contributed by atoms with E-state index in [2.05, 4.69) is 9.71 Å². The van der Waals surface area contributed by atoms with Crippen LogP contribution in [0.1, 0.15) is 42.6 Å². The zero-order chi connectivity index (χ0) is 22.9. The highest BCUT2D eigenvalue weighted by Crippen LogP contribution is 2.30. The maximum atomic E-state index is 13.4. The fourth-order valence-electron chi connectivity index (χ4n) is 3.50. The van der Waals surface area contributed by atoms with Gasteiger partial charge in [0, 0.05) is 18.9 Å². The number of aromatic nitrogens is 1. The predicted octanol–water partition coefficient (Wildman–Crippen LogP) is 1.83. The Morgan fingerprint density at radius 2 is 1.74 bits per heavy atom. The van der Waals surface area contributed by atoms with Crippen molar-refractivity contribution >= 4 is 29.7 Å². The van der Waals surface area contributed by atoms with Crippen molar-refractivity contribution in [1.29, 1.82) is 0 Å². The molecule has 0 amide bonds. The standard InChI is InChI=1S/C20H26N2O6S3/c1-15(2)16-5-7-18(8-6-16)30(25,26)20(17-4-3-10-21-12-17)13-22-31(27,28)19-9-11-29(23,24)14-19/h3-8,10,12,15,19-20,22H,9,11,13-14H2,1-2H3. The summed E-state index contributed by atoms with van der Waals surface area (Å²) >= 11 is 0. The lowest BCUT2D eigenvalue weighted by molar-refractivity contribution is 0.560. The number of rotatable bonds is 8. The minimum atomic E-state index is -4.01. The van der Waals surface area contributed by atoms with Gasteiger partial charge in [-0.25, -0.2) is 30.0 Å². The Hall–Kier alpha value is -1.82. The monoisotopic (exact) mass is 486 g/mol. The Morgan fingerprint density at radius 3 is 2.26 bits per heavy atom. The van der Waals surface area contributed by atoms with Gasteiger partial charge in [0.25, 0.3) is 0 Å². The smallest absolute Gasteiger partial charge is 0.215 e. The van der Waals surface area contributed by atoms with Crippen LogP contribution in [0.15, 0.2) is 53.7 Å². The summed E-state index contributed by atoms with van der Waals surface area (Å²) in [5, 5.41) is -2.29. The second-order valence-electron chi connectivity index (χ2n) is 7.96. The molecule has 1 aliphatic heterocycles. The van der Waals surface area contributed by atoms with Crippen LogP contribution in [0.4, 0.5) is 0 Å². The number of sulfonamides is 1. The minimum Gasteiger partial charge on any atom is -0.264 e. The maximum Gasteiger partial charge on any atom is 0.215 e. The molecule has 1 aromatic heterocycles. The van der Waals surface area contributed by atoms with Crippen LogP contribution >= 0.6 is 0 Å². The van der Waals surface area contributed by atoms with E-state index in [9.17, 15) is 25.3 Å². The lowest BCUT2D eigenvalue weighted by Crippen LogP contribution is -2.38. The van der Waals surface area contributed by atoms with Gasteiger partial charge in [-0.15, -0.1) is 0 Å². The molecule has 0 saturated carbocycles. The quantitative estimate of drug-likeness (QED) is 0.603. The number of nitrogens with zero attached hydrogens (tertiary/aromatic N) is 1. The van der Waals surface area contributed by atoms with Crippen molar-refractivity contribution in [3.05, 3.63) is 59.9 Å². The second-order valence-corrected chi connectivity index (χ2v) is 14.4. The van der Waals surface area contributed by atoms with Crippen LogP contribution in [0.3, 0.4) is 0 Å². The molecule has 31 heavy (non-hydrogen) atoms. The Labute approximate surface area is 184 Å². The van der Waals surface area contributed by atoms with Gasteiger partial charge in [-0.1, -0.05) is 32.0 Å². The number of hydrogen-bond donors (Lipinski definition) is 1. The van der Waals surface area contributed by atoms with Gasteiger partial charge in [0.2, 0.25) is 10.0 Å². The van der Waals surface area contributed by atoms with E-state index in [-0.39, 0.29) is 23.0 Å². The van der Waals surface area contributed by atoms with Gasteiger partial charge in [-0.05, 0) is 41.7 Å². The first-order chi connectivity index (χ1) is 14.4. The molecule has 2 unspecified atom stereocenters. The molecule has 3 rings (SSSR count). The summed E-state index contributed by atoms with van der Waals surface area (Å²) in [5.74, 6) is -0.408. The van der Waals surface area contributed by atoms with Crippen LogP contribution in [0.5, 0.6) is 0 Å². The molecule has 2 aromatic rings. The van der Waals surface area contributed by atoms with Crippen molar-refractivity contribution in [1.82, 2.24) is 9.71 Å². The fraction of sp³-hybridized carbons (Fsp3) is 0.450. The van der Waals surface area contributed by atoms with Crippen LogP contribution in [0.2, 0.25) is 0 Å². The summed E-state index contributed by atoms with van der Waals surface area (Å²) < 4.78 is 77.8. The Morgan fingerprint density at radius 1 is 1.06 bits per heavy atom. The lowest BCUT2D eigenvalue weighted by Gasteiger charge is -2.20. The molecule has 0 spiro atoms. The zero-order valence-corrected chi connectivity index (χ0v) is 19.8. The van der Waals surface area contributed by atoms with Crippen LogP contribution < -0.4 is 4.72 Å². The summed E-state index contributed by atoms with van der Waals surface area (Å²) in [6.45, 7) is 3.58. The first kappa shape index (κ1) is 23.8. The lowest BCUT2D eigenvalue weighted by atomic mass is 10.0. The number of hydrogen-bond acceptors (Lipinski definition) is 7. The molecule has 0 bridgehead atoms. The Bertz CT molecular complexity index is 1220. The second kappa shape index (κ2) is 8.97. The van der Waals surface area contributed by atoms with E-state index in [0.29, 0.717) is 5.56 Å². The molecule has 2 atom stereocenters. The molecular formula is C20H26N2O6S3. The largest absolute Gasteiger partial charge is 0.264 e. The third kappa shape index (κ3) is 5.51. The number of sulfone groups is 2. The maximum absolute atomic E-state index is 13.4. The van der Waals surface area contributed by atoms with Gasteiger partial charge in [0.05, 0.1) is 21.7 Å². The van der Waals surface area contributed by atoms with Crippen molar-refractivity contribution < 1.29 is 25.3 Å². The average molecular weight is 487 g/mol. The molecule has 1 aliphatic rings. The molecule has 0 aliphatic carbocycles. The summed E-state index contributed by atoms with van der Waals surface area (Å²) in [7, 11) is -11.4. The van der Waals surface area contributed by atoms with E-state index < -0.39 is 52.5 Å². The number of nitrogens with one attached hydrogen (secondary N) is 1. The fourth-order valence-corrected chi connectivity index (χ4v) is 9.34. The van der Waals surface area contributed by atoms with Crippen LogP contribution in [0, 0.1) is 0 Å². The highest BCUT2D eigenvalue weighted by molar-refractivity contribution is 7.95. The first-order valence-corrected chi connectivity index (χ1v) is 14.8. The van der Waals surface area contributed by atoms with Crippen molar-refractivity contribution in [2.45, 2.75) is 41.6 Å². The molecule has 1 saturated heterocycles. The Kier molecular flexibility index (Phi) is 6.90. The molecule has 1 N–H and O–H groups in total. The molecular weight excluding hydrogens is 460 g/mol. The van der Waals surface area contributed by atoms with Crippen LogP contribution in [-0.4, -0.2) is 53.5 Å². The van der Waals surface area contributed by atoms with Gasteiger partial charge in [-0.2, -0.15) is 0 Å². The minimum absolute atomic E-state index is 0.00135. The molecule has 2 heterocycles. The summed E-state index contributed by atoms with van der Waals surface area (Å²) in [4.78, 5) is 4.05. The highest BCUT2D eigenvalue weighted by Gasteiger charge is 2.38. The average Bonchev–Trinajstić information content (AvgIpc) is 3.09. The van der Waals surface area contributed by atoms with Crippen LogP contribution in [-0.2, 0) is 29.7 Å². The van der Waals surface area contributed by atoms with E-state index in [1.807, 2.05) is 13.8 Å². The topological polar surface area (TPSA) is 127 Å². The van der Waals surface area contributed by atoms with E-state index in [0.717, 1.165) is 5.56 Å². The SMILES string of the molecule is CC(C)c1ccc(S(=O)(=O)C(CNS(=O)(=O)C2CCS(=O)(=O)C2)c2cccnc2)cc1. The summed E-state index contributed by atoms with van der Waals surface area (Å²) in [5.41, 5.74) is 1.33. The summed E-state index contributed by atoms with van der Waals surface area (Å²) in [6, 6.07) is 9.68. The molecule has 1 fully saturated rings. The van der Waals surface area contributed by atoms with Gasteiger partial charge in [-0.3, -0.25) is 4.98 Å². The first-order valence-electron chi connectivity index (χ1n) is 9.85. The van der Waals surface area contributed by atoms with E-state index >= 15 is 0 Å².